The minimum absolute atomic E-state index is 0.456. The number of nitrogens with one attached hydrogen (secondary N) is 1. The predicted octanol–water partition coefficient (Wildman–Crippen LogP) is 2.65. The van der Waals surface area contributed by atoms with Gasteiger partial charge in [0.1, 0.15) is 0 Å². The van der Waals surface area contributed by atoms with Gasteiger partial charge in [-0.25, -0.2) is 4.72 Å². The van der Waals surface area contributed by atoms with Gasteiger partial charge < -0.3 is 0 Å². The molecule has 1 aromatic carbocycles. The average Bonchev–Trinajstić information content (AvgIpc) is 2.45. The minimum atomic E-state index is -3.31. The van der Waals surface area contributed by atoms with Gasteiger partial charge in [-0.05, 0) is 37.8 Å². The molecule has 1 aromatic rings. The second-order valence-electron chi connectivity index (χ2n) is 5.67. The van der Waals surface area contributed by atoms with Crippen LogP contribution in [0.4, 0.5) is 0 Å². The van der Waals surface area contributed by atoms with Crippen LogP contribution in [-0.2, 0) is 10.2 Å². The zero-order valence-electron chi connectivity index (χ0n) is 12.7. The second-order valence-corrected chi connectivity index (χ2v) is 8.59. The lowest BCUT2D eigenvalue weighted by molar-refractivity contribution is 0.278. The van der Waals surface area contributed by atoms with Gasteiger partial charge in [-0.3, -0.25) is 0 Å². The van der Waals surface area contributed by atoms with E-state index in [4.69, 9.17) is 0 Å². The van der Waals surface area contributed by atoms with Crippen LogP contribution < -0.4 is 4.72 Å². The molecule has 0 bridgehead atoms. The van der Waals surface area contributed by atoms with E-state index in [0.717, 1.165) is 18.6 Å². The quantitative estimate of drug-likeness (QED) is 0.645. The summed E-state index contributed by atoms with van der Waals surface area (Å²) in [6.07, 6.45) is 2.08. The lowest BCUT2D eigenvalue weighted by Crippen LogP contribution is -2.46. The van der Waals surface area contributed by atoms with E-state index in [-0.39, 0.29) is 0 Å². The molecule has 0 unspecified atom stereocenters. The van der Waals surface area contributed by atoms with E-state index in [1.807, 2.05) is 0 Å². The van der Waals surface area contributed by atoms with Crippen LogP contribution in [0.5, 0.6) is 0 Å². The molecule has 1 N–H and O–H groups in total. The molecule has 1 saturated heterocycles. The largest absolute Gasteiger partial charge is 0.279 e. The minimum Gasteiger partial charge on any atom is -0.201 e. The van der Waals surface area contributed by atoms with Crippen LogP contribution in [-0.4, -0.2) is 38.1 Å². The summed E-state index contributed by atoms with van der Waals surface area (Å²) < 4.78 is 28.7. The summed E-state index contributed by atoms with van der Waals surface area (Å²) in [5, 5.41) is 0. The molecule has 0 aromatic heterocycles. The third kappa shape index (κ3) is 5.29. The molecule has 21 heavy (non-hydrogen) atoms. The Hall–Kier alpha value is -0.560. The average molecular weight is 329 g/mol. The highest BCUT2D eigenvalue weighted by atomic mass is 32.2. The summed E-state index contributed by atoms with van der Waals surface area (Å²) in [6.45, 7) is 5.91. The van der Waals surface area contributed by atoms with Crippen LogP contribution in [0, 0.1) is 12.8 Å². The molecule has 1 heterocycles. The number of thioether (sulfide) groups is 1. The summed E-state index contributed by atoms with van der Waals surface area (Å²) >= 11 is 1.67. The molecule has 0 spiro atoms. The summed E-state index contributed by atoms with van der Waals surface area (Å²) in [7, 11) is -3.31. The first-order valence-electron chi connectivity index (χ1n) is 7.41. The van der Waals surface area contributed by atoms with E-state index in [2.05, 4.69) is 42.8 Å². The molecule has 4 nitrogen and oxygen atoms in total. The number of benzene rings is 1. The maximum absolute atomic E-state index is 12.2. The number of rotatable bonds is 6. The lowest BCUT2D eigenvalue weighted by Gasteiger charge is -2.29. The highest BCUT2D eigenvalue weighted by molar-refractivity contribution is 7.99. The first kappa shape index (κ1) is 16.8. The van der Waals surface area contributed by atoms with Crippen LogP contribution >= 0.6 is 11.8 Å². The summed E-state index contributed by atoms with van der Waals surface area (Å²) in [4.78, 5) is 1.17. The molecule has 118 valence electrons. The molecule has 0 saturated carbocycles. The Morgan fingerprint density at radius 2 is 2.05 bits per heavy atom. The van der Waals surface area contributed by atoms with Gasteiger partial charge in [0.05, 0.1) is 0 Å². The Morgan fingerprint density at radius 1 is 1.33 bits per heavy atom. The topological polar surface area (TPSA) is 49.4 Å². The van der Waals surface area contributed by atoms with Crippen molar-refractivity contribution in [1.82, 2.24) is 9.03 Å². The molecule has 1 aliphatic rings. The Morgan fingerprint density at radius 3 is 2.71 bits per heavy atom. The van der Waals surface area contributed by atoms with Crippen molar-refractivity contribution in [2.24, 2.45) is 5.92 Å². The van der Waals surface area contributed by atoms with E-state index in [1.165, 1.54) is 10.5 Å². The highest BCUT2D eigenvalue weighted by Crippen LogP contribution is 2.19. The Balaban J connectivity index is 1.75. The summed E-state index contributed by atoms with van der Waals surface area (Å²) in [5.41, 5.74) is 1.24. The first-order valence-corrected chi connectivity index (χ1v) is 9.84. The van der Waals surface area contributed by atoms with Gasteiger partial charge in [0, 0.05) is 30.3 Å². The third-order valence-corrected chi connectivity index (χ3v) is 6.23. The number of hydrogen-bond donors (Lipinski definition) is 1. The maximum atomic E-state index is 12.2. The molecular weight excluding hydrogens is 304 g/mol. The van der Waals surface area contributed by atoms with Gasteiger partial charge in [-0.1, -0.05) is 24.6 Å². The number of aryl methyl sites for hydroxylation is 1. The summed E-state index contributed by atoms with van der Waals surface area (Å²) in [5.74, 6) is 1.20. The van der Waals surface area contributed by atoms with Crippen molar-refractivity contribution in [3.8, 4) is 0 Å². The number of hydrogen-bond acceptors (Lipinski definition) is 3. The van der Waals surface area contributed by atoms with Gasteiger partial charge in [0.2, 0.25) is 0 Å². The molecule has 1 atom stereocenters. The van der Waals surface area contributed by atoms with E-state index < -0.39 is 10.2 Å². The van der Waals surface area contributed by atoms with Crippen molar-refractivity contribution >= 4 is 22.0 Å². The number of piperidine rings is 1. The molecule has 2 rings (SSSR count). The zero-order chi connectivity index (χ0) is 15.3. The fourth-order valence-electron chi connectivity index (χ4n) is 2.43. The van der Waals surface area contributed by atoms with E-state index in [1.54, 1.807) is 16.1 Å². The van der Waals surface area contributed by atoms with Gasteiger partial charge in [-0.2, -0.15) is 12.7 Å². The van der Waals surface area contributed by atoms with Crippen molar-refractivity contribution in [1.29, 1.82) is 0 Å². The molecule has 1 aliphatic heterocycles. The highest BCUT2D eigenvalue weighted by Gasteiger charge is 2.26. The molecule has 0 radical (unpaired) electrons. The van der Waals surface area contributed by atoms with Crippen LogP contribution in [0.25, 0.3) is 0 Å². The van der Waals surface area contributed by atoms with Gasteiger partial charge in [-0.15, -0.1) is 11.8 Å². The third-order valence-electron chi connectivity index (χ3n) is 3.64. The first-order chi connectivity index (χ1) is 9.97. The van der Waals surface area contributed by atoms with Crippen molar-refractivity contribution in [2.75, 3.05) is 25.4 Å². The van der Waals surface area contributed by atoms with Crippen LogP contribution in [0.2, 0.25) is 0 Å². The molecule has 0 amide bonds. The van der Waals surface area contributed by atoms with E-state index in [9.17, 15) is 8.42 Å². The van der Waals surface area contributed by atoms with Crippen LogP contribution in [0.1, 0.15) is 25.3 Å². The van der Waals surface area contributed by atoms with Crippen LogP contribution in [0.15, 0.2) is 29.2 Å². The lowest BCUT2D eigenvalue weighted by atomic mass is 10.0. The zero-order valence-corrected chi connectivity index (χ0v) is 14.3. The second kappa shape index (κ2) is 7.63. The van der Waals surface area contributed by atoms with Gasteiger partial charge in [0.25, 0.3) is 10.2 Å². The normalized spacial score (nSPS) is 20.6. The maximum Gasteiger partial charge on any atom is 0.279 e. The fourth-order valence-corrected chi connectivity index (χ4v) is 4.69. The molecule has 0 aliphatic carbocycles. The molecular formula is C15H24N2O2S2. The predicted molar refractivity (Wildman–Crippen MR) is 88.8 cm³/mol. The Bertz CT molecular complexity index is 543. The standard InChI is InChI=1S/C15H24N2O2S2/c1-13-5-7-15(8-6-13)20-11-9-16-21(18,19)17-10-3-4-14(2)12-17/h5-8,14,16H,3-4,9-12H2,1-2H3/t14-/m1/s1. The summed E-state index contributed by atoms with van der Waals surface area (Å²) in [6, 6.07) is 8.28. The van der Waals surface area contributed by atoms with E-state index in [0.29, 0.717) is 25.6 Å². The molecule has 6 heteroatoms. The van der Waals surface area contributed by atoms with Crippen molar-refractivity contribution in [3.63, 3.8) is 0 Å². The Labute approximate surface area is 132 Å². The number of nitrogens with zero attached hydrogens (tertiary/aromatic N) is 1. The van der Waals surface area contributed by atoms with Gasteiger partial charge >= 0.3 is 0 Å². The van der Waals surface area contributed by atoms with Crippen molar-refractivity contribution in [3.05, 3.63) is 29.8 Å². The Kier molecular flexibility index (Phi) is 6.10. The van der Waals surface area contributed by atoms with Gasteiger partial charge in [0.15, 0.2) is 0 Å². The smallest absolute Gasteiger partial charge is 0.201 e. The van der Waals surface area contributed by atoms with Crippen molar-refractivity contribution < 1.29 is 8.42 Å². The van der Waals surface area contributed by atoms with E-state index >= 15 is 0 Å². The monoisotopic (exact) mass is 328 g/mol. The van der Waals surface area contributed by atoms with Crippen LogP contribution in [0.3, 0.4) is 0 Å². The fraction of sp³-hybridized carbons (Fsp3) is 0.600. The molecule has 1 fully saturated rings. The SMILES string of the molecule is Cc1ccc(SCCNS(=O)(=O)N2CCC[C@@H](C)C2)cc1. The van der Waals surface area contributed by atoms with Crippen molar-refractivity contribution in [2.45, 2.75) is 31.6 Å².